The fraction of sp³-hybridized carbons (Fsp3) is 0.500. The predicted octanol–water partition coefficient (Wildman–Crippen LogP) is 3.32. The van der Waals surface area contributed by atoms with Gasteiger partial charge < -0.3 is 4.74 Å². The highest BCUT2D eigenvalue weighted by molar-refractivity contribution is 5.27. The lowest BCUT2D eigenvalue weighted by Crippen LogP contribution is -2.10. The topological polar surface area (TPSA) is 9.23 Å². The van der Waals surface area contributed by atoms with Crippen LogP contribution in [0, 0.1) is 6.92 Å². The van der Waals surface area contributed by atoms with Crippen LogP contribution in [0.4, 0.5) is 0 Å². The molecule has 1 aliphatic rings. The normalized spacial score (nSPS) is 17.6. The number of aryl methyl sites for hydroxylation is 1. The molecule has 1 nitrogen and oxygen atoms in total. The van der Waals surface area contributed by atoms with E-state index < -0.39 is 0 Å². The summed E-state index contributed by atoms with van der Waals surface area (Å²) in [6, 6.07) is 8.31. The van der Waals surface area contributed by atoms with E-state index in [0.717, 1.165) is 5.75 Å². The maximum absolute atomic E-state index is 5.86. The Morgan fingerprint density at radius 2 is 2.00 bits per heavy atom. The minimum atomic E-state index is 0.474. The lowest BCUT2D eigenvalue weighted by molar-refractivity contribution is 0.210. The number of benzene rings is 1. The summed E-state index contributed by atoms with van der Waals surface area (Å²) in [7, 11) is 0. The molecule has 1 aromatic carbocycles. The molecule has 0 amide bonds. The van der Waals surface area contributed by atoms with Gasteiger partial charge in [-0.1, -0.05) is 12.1 Å². The fourth-order valence-corrected chi connectivity index (χ4v) is 1.89. The molecule has 0 bridgehead atoms. The van der Waals surface area contributed by atoms with Gasteiger partial charge in [-0.2, -0.15) is 0 Å². The van der Waals surface area contributed by atoms with Crippen LogP contribution in [0.3, 0.4) is 0 Å². The van der Waals surface area contributed by atoms with Crippen molar-refractivity contribution in [3.63, 3.8) is 0 Å². The van der Waals surface area contributed by atoms with Crippen LogP contribution < -0.4 is 4.74 Å². The molecule has 70 valence electrons. The zero-order valence-electron chi connectivity index (χ0n) is 8.12. The molecule has 0 aromatic heterocycles. The molecule has 0 heterocycles. The first-order valence-corrected chi connectivity index (χ1v) is 5.08. The monoisotopic (exact) mass is 176 g/mol. The molecule has 1 aromatic rings. The molecule has 0 radical (unpaired) electrons. The molecule has 2 rings (SSSR count). The van der Waals surface area contributed by atoms with Gasteiger partial charge in [-0.05, 0) is 50.3 Å². The molecule has 0 unspecified atom stereocenters. The lowest BCUT2D eigenvalue weighted by Gasteiger charge is -2.12. The number of hydrogen-bond donors (Lipinski definition) is 0. The summed E-state index contributed by atoms with van der Waals surface area (Å²) in [6.45, 7) is 2.10. The van der Waals surface area contributed by atoms with E-state index in [0.29, 0.717) is 6.10 Å². The van der Waals surface area contributed by atoms with Crippen LogP contribution in [0.5, 0.6) is 5.75 Å². The molecule has 0 aliphatic heterocycles. The first kappa shape index (κ1) is 8.61. The van der Waals surface area contributed by atoms with Crippen molar-refractivity contribution in [2.24, 2.45) is 0 Å². The molecule has 0 spiro atoms. The van der Waals surface area contributed by atoms with Crippen molar-refractivity contribution >= 4 is 0 Å². The Bertz CT molecular complexity index is 274. The van der Waals surface area contributed by atoms with E-state index in [1.807, 2.05) is 6.07 Å². The number of hydrogen-bond acceptors (Lipinski definition) is 1. The zero-order valence-corrected chi connectivity index (χ0v) is 8.12. The average molecular weight is 176 g/mol. The quantitative estimate of drug-likeness (QED) is 0.671. The maximum Gasteiger partial charge on any atom is 0.119 e. The van der Waals surface area contributed by atoms with Crippen LogP contribution in [-0.4, -0.2) is 6.10 Å². The minimum Gasteiger partial charge on any atom is -0.490 e. The highest BCUT2D eigenvalue weighted by atomic mass is 16.5. The Balaban J connectivity index is 2.00. The summed E-state index contributed by atoms with van der Waals surface area (Å²) in [5.74, 6) is 1.03. The summed E-state index contributed by atoms with van der Waals surface area (Å²) in [5, 5.41) is 0. The molecule has 1 aliphatic carbocycles. The number of ether oxygens (including phenoxy) is 1. The third-order valence-corrected chi connectivity index (χ3v) is 2.59. The second-order valence-corrected chi connectivity index (χ2v) is 3.84. The maximum atomic E-state index is 5.86. The second kappa shape index (κ2) is 3.82. The Morgan fingerprint density at radius 1 is 1.23 bits per heavy atom. The van der Waals surface area contributed by atoms with Crippen molar-refractivity contribution in [1.82, 2.24) is 0 Å². The molecule has 1 fully saturated rings. The summed E-state index contributed by atoms with van der Waals surface area (Å²) in [6.07, 6.45) is 5.59. The molecule has 1 heteroatoms. The molecular weight excluding hydrogens is 160 g/mol. The zero-order chi connectivity index (χ0) is 9.10. The fourth-order valence-electron chi connectivity index (χ4n) is 1.89. The van der Waals surface area contributed by atoms with E-state index in [-0.39, 0.29) is 0 Å². The largest absolute Gasteiger partial charge is 0.490 e. The van der Waals surface area contributed by atoms with Crippen LogP contribution in [0.15, 0.2) is 24.3 Å². The van der Waals surface area contributed by atoms with E-state index in [4.69, 9.17) is 4.74 Å². The smallest absolute Gasteiger partial charge is 0.119 e. The summed E-state index contributed by atoms with van der Waals surface area (Å²) in [5.41, 5.74) is 1.27. The Hall–Kier alpha value is -0.980. The predicted molar refractivity (Wildman–Crippen MR) is 54.1 cm³/mol. The van der Waals surface area contributed by atoms with Gasteiger partial charge in [0.05, 0.1) is 6.10 Å². The minimum absolute atomic E-state index is 0.474. The van der Waals surface area contributed by atoms with Gasteiger partial charge >= 0.3 is 0 Å². The molecule has 1 saturated carbocycles. The molecule has 13 heavy (non-hydrogen) atoms. The molecule has 0 N–H and O–H groups in total. The van der Waals surface area contributed by atoms with Gasteiger partial charge in [0.25, 0.3) is 0 Å². The van der Waals surface area contributed by atoms with E-state index >= 15 is 0 Å². The van der Waals surface area contributed by atoms with Crippen molar-refractivity contribution in [3.05, 3.63) is 29.8 Å². The van der Waals surface area contributed by atoms with Gasteiger partial charge in [-0.25, -0.2) is 0 Å². The van der Waals surface area contributed by atoms with Crippen LogP contribution in [-0.2, 0) is 0 Å². The van der Waals surface area contributed by atoms with E-state index in [9.17, 15) is 0 Å². The standard InChI is InChI=1S/C12H16O/c1-10-5-4-8-12(9-10)13-11-6-2-3-7-11/h4-5,8-9,11H,2-3,6-7H2,1H3. The first-order chi connectivity index (χ1) is 6.34. The van der Waals surface area contributed by atoms with E-state index in [1.54, 1.807) is 0 Å². The summed E-state index contributed by atoms with van der Waals surface area (Å²) < 4.78 is 5.86. The third-order valence-electron chi connectivity index (χ3n) is 2.59. The van der Waals surface area contributed by atoms with Gasteiger partial charge in [-0.3, -0.25) is 0 Å². The summed E-state index contributed by atoms with van der Waals surface area (Å²) >= 11 is 0. The van der Waals surface area contributed by atoms with Gasteiger partial charge in [-0.15, -0.1) is 0 Å². The highest BCUT2D eigenvalue weighted by Gasteiger charge is 2.15. The van der Waals surface area contributed by atoms with Crippen molar-refractivity contribution in [1.29, 1.82) is 0 Å². The highest BCUT2D eigenvalue weighted by Crippen LogP contribution is 2.24. The van der Waals surface area contributed by atoms with Crippen molar-refractivity contribution < 1.29 is 4.74 Å². The molecule has 0 atom stereocenters. The van der Waals surface area contributed by atoms with Gasteiger partial charge in [0.15, 0.2) is 0 Å². The Morgan fingerprint density at radius 3 is 2.69 bits per heavy atom. The van der Waals surface area contributed by atoms with Gasteiger partial charge in [0.2, 0.25) is 0 Å². The summed E-state index contributed by atoms with van der Waals surface area (Å²) in [4.78, 5) is 0. The number of rotatable bonds is 2. The third kappa shape index (κ3) is 2.24. The molecular formula is C12H16O. The first-order valence-electron chi connectivity index (χ1n) is 5.08. The van der Waals surface area contributed by atoms with Crippen molar-refractivity contribution in [2.75, 3.05) is 0 Å². The SMILES string of the molecule is Cc1cccc(OC2CCCC2)c1. The Labute approximate surface area is 79.7 Å². The van der Waals surface area contributed by atoms with Crippen LogP contribution in [0.1, 0.15) is 31.2 Å². The van der Waals surface area contributed by atoms with Crippen LogP contribution >= 0.6 is 0 Å². The van der Waals surface area contributed by atoms with Gasteiger partial charge in [0.1, 0.15) is 5.75 Å². The average Bonchev–Trinajstić information content (AvgIpc) is 2.57. The van der Waals surface area contributed by atoms with Gasteiger partial charge in [0, 0.05) is 0 Å². The van der Waals surface area contributed by atoms with Crippen molar-refractivity contribution in [3.8, 4) is 5.75 Å². The molecule has 0 saturated heterocycles. The van der Waals surface area contributed by atoms with Crippen LogP contribution in [0.2, 0.25) is 0 Å². The van der Waals surface area contributed by atoms with E-state index in [2.05, 4.69) is 25.1 Å². The van der Waals surface area contributed by atoms with E-state index in [1.165, 1.54) is 31.2 Å². The van der Waals surface area contributed by atoms with Crippen LogP contribution in [0.25, 0.3) is 0 Å². The Kier molecular flexibility index (Phi) is 2.53. The lowest BCUT2D eigenvalue weighted by atomic mass is 10.2. The van der Waals surface area contributed by atoms with Crippen molar-refractivity contribution in [2.45, 2.75) is 38.7 Å². The second-order valence-electron chi connectivity index (χ2n) is 3.84.